The van der Waals surface area contributed by atoms with E-state index < -0.39 is 0 Å². The summed E-state index contributed by atoms with van der Waals surface area (Å²) in [6, 6.07) is 0. The fourth-order valence-electron chi connectivity index (χ4n) is 7.22. The van der Waals surface area contributed by atoms with Gasteiger partial charge in [0.05, 0.1) is 31.4 Å². The predicted octanol–water partition coefficient (Wildman–Crippen LogP) is 14.1. The molecular formula is C48H92N2O4. The molecule has 54 heavy (non-hydrogen) atoms. The molecule has 0 aromatic rings. The quantitative estimate of drug-likeness (QED) is 0.0368. The van der Waals surface area contributed by atoms with Gasteiger partial charge in [-0.2, -0.15) is 0 Å². The van der Waals surface area contributed by atoms with Gasteiger partial charge in [-0.3, -0.25) is 9.59 Å². The number of amides is 1. The van der Waals surface area contributed by atoms with Crippen molar-refractivity contribution in [1.29, 1.82) is 0 Å². The standard InChI is InChI=1S/C48H92N2O4/c1-7-11-15-19-21-29-36-45(35-27-17-13-9-3)44(6)53-40-32-24-23-31-39-49-47(51)42-50-43(5)34-26-25-33-41-54-48(52)46(37-28-18-14-10-4)38-30-22-20-16-12-8-2/h45-46,50H,5-42H2,1-4H3,(H,49,51). The Labute approximate surface area is 336 Å². The van der Waals surface area contributed by atoms with Crippen LogP contribution in [0.25, 0.3) is 0 Å². The van der Waals surface area contributed by atoms with Gasteiger partial charge in [0.15, 0.2) is 0 Å². The summed E-state index contributed by atoms with van der Waals surface area (Å²) in [6.45, 7) is 19.7. The smallest absolute Gasteiger partial charge is 0.308 e. The third-order valence-corrected chi connectivity index (χ3v) is 11.0. The van der Waals surface area contributed by atoms with E-state index in [-0.39, 0.29) is 24.3 Å². The maximum Gasteiger partial charge on any atom is 0.308 e. The zero-order valence-corrected chi connectivity index (χ0v) is 36.7. The minimum Gasteiger partial charge on any atom is -0.498 e. The van der Waals surface area contributed by atoms with Crippen molar-refractivity contribution in [2.75, 3.05) is 26.3 Å². The second-order valence-corrected chi connectivity index (χ2v) is 16.2. The summed E-state index contributed by atoms with van der Waals surface area (Å²) in [5.41, 5.74) is 0.894. The lowest BCUT2D eigenvalue weighted by Gasteiger charge is -2.20. The van der Waals surface area contributed by atoms with E-state index in [0.717, 1.165) is 95.1 Å². The van der Waals surface area contributed by atoms with Crippen molar-refractivity contribution in [3.63, 3.8) is 0 Å². The molecule has 318 valence electrons. The number of esters is 1. The van der Waals surface area contributed by atoms with Crippen LogP contribution < -0.4 is 10.6 Å². The van der Waals surface area contributed by atoms with Crippen LogP contribution in [-0.4, -0.2) is 38.2 Å². The van der Waals surface area contributed by atoms with E-state index >= 15 is 0 Å². The van der Waals surface area contributed by atoms with Gasteiger partial charge in [-0.15, -0.1) is 0 Å². The van der Waals surface area contributed by atoms with Gasteiger partial charge in [0.2, 0.25) is 5.91 Å². The van der Waals surface area contributed by atoms with Crippen molar-refractivity contribution < 1.29 is 19.1 Å². The molecule has 0 heterocycles. The van der Waals surface area contributed by atoms with Gasteiger partial charge in [-0.1, -0.05) is 182 Å². The van der Waals surface area contributed by atoms with Crippen molar-refractivity contribution in [2.45, 2.75) is 233 Å². The maximum absolute atomic E-state index is 12.9. The van der Waals surface area contributed by atoms with E-state index in [1.807, 2.05) is 0 Å². The van der Waals surface area contributed by atoms with E-state index in [1.54, 1.807) is 0 Å². The van der Waals surface area contributed by atoms with Crippen LogP contribution in [0, 0.1) is 11.8 Å². The number of ether oxygens (including phenoxy) is 2. The lowest BCUT2D eigenvalue weighted by molar-refractivity contribution is -0.149. The number of nitrogens with one attached hydrogen (secondary N) is 2. The molecule has 0 saturated heterocycles. The van der Waals surface area contributed by atoms with Crippen LogP contribution in [0.2, 0.25) is 0 Å². The summed E-state index contributed by atoms with van der Waals surface area (Å²) in [6.07, 6.45) is 37.8. The van der Waals surface area contributed by atoms with Crippen molar-refractivity contribution >= 4 is 11.9 Å². The van der Waals surface area contributed by atoms with Crippen LogP contribution >= 0.6 is 0 Å². The maximum atomic E-state index is 12.9. The highest BCUT2D eigenvalue weighted by Crippen LogP contribution is 2.26. The molecule has 2 unspecified atom stereocenters. The molecule has 0 radical (unpaired) electrons. The van der Waals surface area contributed by atoms with Crippen LogP contribution in [0.5, 0.6) is 0 Å². The van der Waals surface area contributed by atoms with Crippen molar-refractivity contribution in [2.24, 2.45) is 11.8 Å². The Morgan fingerprint density at radius 2 is 0.870 bits per heavy atom. The van der Waals surface area contributed by atoms with Crippen molar-refractivity contribution in [3.05, 3.63) is 24.6 Å². The van der Waals surface area contributed by atoms with E-state index in [2.05, 4.69) is 51.5 Å². The Kier molecular flexibility index (Phi) is 39.2. The highest BCUT2D eigenvalue weighted by atomic mass is 16.5. The van der Waals surface area contributed by atoms with Crippen molar-refractivity contribution in [1.82, 2.24) is 10.6 Å². The van der Waals surface area contributed by atoms with E-state index in [0.29, 0.717) is 19.1 Å². The third kappa shape index (κ3) is 34.5. The lowest BCUT2D eigenvalue weighted by Crippen LogP contribution is -2.33. The first-order valence-electron chi connectivity index (χ1n) is 23.6. The zero-order valence-electron chi connectivity index (χ0n) is 36.7. The molecule has 6 heteroatoms. The SMILES string of the molecule is C=C(CCCCCOC(=O)C(CCCCCC)CCCCCCCC)NCC(=O)NCCCCCCOC(=C)C(CCCCCC)CCCCCCCC. The first-order chi connectivity index (χ1) is 26.4. The Morgan fingerprint density at radius 1 is 0.463 bits per heavy atom. The Balaban J connectivity index is 4.01. The summed E-state index contributed by atoms with van der Waals surface area (Å²) in [7, 11) is 0. The molecule has 0 bridgehead atoms. The summed E-state index contributed by atoms with van der Waals surface area (Å²) in [5.74, 6) is 1.62. The normalized spacial score (nSPS) is 12.3. The fraction of sp³-hybridized carbons (Fsp3) is 0.875. The molecule has 0 aliphatic rings. The monoisotopic (exact) mass is 761 g/mol. The summed E-state index contributed by atoms with van der Waals surface area (Å²) >= 11 is 0. The highest BCUT2D eigenvalue weighted by Gasteiger charge is 2.19. The van der Waals surface area contributed by atoms with Gasteiger partial charge in [0, 0.05) is 18.2 Å². The number of carbonyl (C=O) groups excluding carboxylic acids is 2. The molecule has 6 nitrogen and oxygen atoms in total. The number of unbranched alkanes of at least 4 members (excludes halogenated alkanes) is 21. The van der Waals surface area contributed by atoms with Crippen LogP contribution in [0.1, 0.15) is 233 Å². The van der Waals surface area contributed by atoms with Gasteiger partial charge in [-0.25, -0.2) is 0 Å². The molecule has 0 spiro atoms. The number of carbonyl (C=O) groups is 2. The van der Waals surface area contributed by atoms with E-state index in [9.17, 15) is 9.59 Å². The second kappa shape index (κ2) is 40.7. The largest absolute Gasteiger partial charge is 0.498 e. The number of allylic oxidation sites excluding steroid dienone is 2. The predicted molar refractivity (Wildman–Crippen MR) is 234 cm³/mol. The summed E-state index contributed by atoms with van der Waals surface area (Å²) < 4.78 is 11.9. The topological polar surface area (TPSA) is 76.7 Å². The second-order valence-electron chi connectivity index (χ2n) is 16.2. The third-order valence-electron chi connectivity index (χ3n) is 11.0. The molecule has 2 N–H and O–H groups in total. The number of hydrogen-bond donors (Lipinski definition) is 2. The fourth-order valence-corrected chi connectivity index (χ4v) is 7.22. The molecule has 0 rings (SSSR count). The van der Waals surface area contributed by atoms with E-state index in [1.165, 1.54) is 128 Å². The molecule has 0 aliphatic heterocycles. The average molecular weight is 761 g/mol. The molecule has 0 aromatic heterocycles. The zero-order chi connectivity index (χ0) is 39.7. The molecule has 2 atom stereocenters. The van der Waals surface area contributed by atoms with Crippen LogP contribution in [0.4, 0.5) is 0 Å². The summed E-state index contributed by atoms with van der Waals surface area (Å²) in [4.78, 5) is 25.2. The molecule has 0 saturated carbocycles. The van der Waals surface area contributed by atoms with Crippen LogP contribution in [-0.2, 0) is 19.1 Å². The van der Waals surface area contributed by atoms with Gasteiger partial charge < -0.3 is 20.1 Å². The number of rotatable bonds is 43. The average Bonchev–Trinajstić information content (AvgIpc) is 3.17. The van der Waals surface area contributed by atoms with Crippen molar-refractivity contribution in [3.8, 4) is 0 Å². The minimum atomic E-state index is 0.0169. The van der Waals surface area contributed by atoms with Crippen LogP contribution in [0.15, 0.2) is 24.6 Å². The van der Waals surface area contributed by atoms with Gasteiger partial charge in [-0.05, 0) is 64.2 Å². The van der Waals surface area contributed by atoms with Gasteiger partial charge in [0.25, 0.3) is 0 Å². The van der Waals surface area contributed by atoms with E-state index in [4.69, 9.17) is 9.47 Å². The van der Waals surface area contributed by atoms with Gasteiger partial charge in [0.1, 0.15) is 0 Å². The molecule has 1 amide bonds. The van der Waals surface area contributed by atoms with Gasteiger partial charge >= 0.3 is 5.97 Å². The van der Waals surface area contributed by atoms with Crippen LogP contribution in [0.3, 0.4) is 0 Å². The number of hydrogen-bond acceptors (Lipinski definition) is 5. The Morgan fingerprint density at radius 3 is 1.41 bits per heavy atom. The molecule has 0 aliphatic carbocycles. The Bertz CT molecular complexity index is 875. The first kappa shape index (κ1) is 52.0. The minimum absolute atomic E-state index is 0.0169. The molecule has 0 fully saturated rings. The first-order valence-corrected chi connectivity index (χ1v) is 23.6. The highest BCUT2D eigenvalue weighted by molar-refractivity contribution is 5.78. The molecular weight excluding hydrogens is 669 g/mol. The summed E-state index contributed by atoms with van der Waals surface area (Å²) in [5, 5.41) is 6.22. The lowest BCUT2D eigenvalue weighted by atomic mass is 9.93. The molecule has 0 aromatic carbocycles. The Hall–Kier alpha value is -1.98.